The van der Waals surface area contributed by atoms with E-state index < -0.39 is 18.2 Å². The van der Waals surface area contributed by atoms with Gasteiger partial charge in [0, 0.05) is 38.3 Å². The highest BCUT2D eigenvalue weighted by Gasteiger charge is 2.31. The fraction of sp³-hybridized carbons (Fsp3) is 0.375. The quantitative estimate of drug-likeness (QED) is 0.710. The van der Waals surface area contributed by atoms with Crippen LogP contribution in [0.1, 0.15) is 42.7 Å². The van der Waals surface area contributed by atoms with Gasteiger partial charge in [-0.15, -0.1) is 0 Å². The van der Waals surface area contributed by atoms with E-state index in [0.717, 1.165) is 22.3 Å². The molecule has 162 valence electrons. The highest BCUT2D eigenvalue weighted by Crippen LogP contribution is 2.44. The summed E-state index contributed by atoms with van der Waals surface area (Å²) < 4.78 is 5.59. The van der Waals surface area contributed by atoms with Gasteiger partial charge in [0.15, 0.2) is 0 Å². The van der Waals surface area contributed by atoms with Gasteiger partial charge >= 0.3 is 12.1 Å². The highest BCUT2D eigenvalue weighted by atomic mass is 16.5. The van der Waals surface area contributed by atoms with Gasteiger partial charge in [-0.2, -0.15) is 0 Å². The van der Waals surface area contributed by atoms with E-state index in [-0.39, 0.29) is 31.1 Å². The van der Waals surface area contributed by atoms with Crippen LogP contribution in [0.25, 0.3) is 11.1 Å². The third kappa shape index (κ3) is 4.77. The topological polar surface area (TPSA) is 95.9 Å². The van der Waals surface area contributed by atoms with Gasteiger partial charge in [0.05, 0.1) is 6.17 Å². The highest BCUT2D eigenvalue weighted by molar-refractivity contribution is 5.81. The van der Waals surface area contributed by atoms with E-state index in [0.29, 0.717) is 25.9 Å². The molecule has 4 rings (SSSR count). The number of carboxylic acid groups (broad SMARTS) is 1. The number of piperidine rings is 1. The van der Waals surface area contributed by atoms with E-state index in [4.69, 9.17) is 9.84 Å². The summed E-state index contributed by atoms with van der Waals surface area (Å²) in [7, 11) is 0. The zero-order valence-corrected chi connectivity index (χ0v) is 17.3. The van der Waals surface area contributed by atoms with Crippen molar-refractivity contribution >= 4 is 17.8 Å². The van der Waals surface area contributed by atoms with E-state index in [1.54, 1.807) is 0 Å². The molecule has 1 atom stereocenters. The number of ketones is 1. The lowest BCUT2D eigenvalue weighted by atomic mass is 9.98. The van der Waals surface area contributed by atoms with Gasteiger partial charge in [-0.3, -0.25) is 14.5 Å². The summed E-state index contributed by atoms with van der Waals surface area (Å²) in [4.78, 5) is 37.2. The Kier molecular flexibility index (Phi) is 6.32. The first kappa shape index (κ1) is 21.1. The number of aliphatic carboxylic acids is 1. The van der Waals surface area contributed by atoms with Crippen molar-refractivity contribution in [1.82, 2.24) is 10.2 Å². The number of likely N-dealkylation sites (tertiary alicyclic amines) is 1. The average molecular weight is 422 g/mol. The number of ether oxygens (including phenoxy) is 1. The second-order valence-corrected chi connectivity index (χ2v) is 8.01. The van der Waals surface area contributed by atoms with Crippen LogP contribution < -0.4 is 5.32 Å². The van der Waals surface area contributed by atoms with Crippen LogP contribution in [0.3, 0.4) is 0 Å². The second kappa shape index (κ2) is 9.31. The second-order valence-electron chi connectivity index (χ2n) is 8.01. The van der Waals surface area contributed by atoms with Crippen LogP contribution in [0, 0.1) is 0 Å². The van der Waals surface area contributed by atoms with Gasteiger partial charge < -0.3 is 15.2 Å². The first-order chi connectivity index (χ1) is 15.0. The van der Waals surface area contributed by atoms with Crippen LogP contribution in [-0.2, 0) is 14.3 Å². The number of alkyl carbamates (subject to hydrolysis) is 1. The molecule has 2 aromatic rings. The molecule has 0 spiro atoms. The van der Waals surface area contributed by atoms with Crippen molar-refractivity contribution in [1.29, 1.82) is 0 Å². The normalized spacial score (nSPS) is 18.3. The first-order valence-corrected chi connectivity index (χ1v) is 10.6. The lowest BCUT2D eigenvalue weighted by molar-refractivity contribution is -0.137. The standard InChI is InChI=1S/C24H26N2O5/c27-16-11-13-26(12-5-10-23(28)29)22(14-16)25-24(30)31-15-21-19-8-3-1-6-17(19)18-7-2-4-9-20(18)21/h1-4,6-9,21-22H,5,10-15H2,(H,25,30)(H,28,29)/t22-/m0/s1. The molecular weight excluding hydrogens is 396 g/mol. The molecule has 2 N–H and O–H groups in total. The molecular formula is C24H26N2O5. The van der Waals surface area contributed by atoms with Crippen LogP contribution in [0.4, 0.5) is 4.79 Å². The van der Waals surface area contributed by atoms with E-state index in [2.05, 4.69) is 29.6 Å². The van der Waals surface area contributed by atoms with Gasteiger partial charge in [0.2, 0.25) is 0 Å². The monoisotopic (exact) mass is 422 g/mol. The largest absolute Gasteiger partial charge is 0.481 e. The fourth-order valence-corrected chi connectivity index (χ4v) is 4.49. The van der Waals surface area contributed by atoms with E-state index in [1.165, 1.54) is 0 Å². The third-order valence-electron chi connectivity index (χ3n) is 6.00. The Morgan fingerprint density at radius 1 is 1.06 bits per heavy atom. The number of carboxylic acids is 1. The molecule has 0 unspecified atom stereocenters. The number of hydrogen-bond donors (Lipinski definition) is 2. The number of hydrogen-bond acceptors (Lipinski definition) is 5. The zero-order chi connectivity index (χ0) is 21.8. The number of fused-ring (bicyclic) bond motifs is 3. The van der Waals surface area contributed by atoms with Gasteiger partial charge in [-0.25, -0.2) is 4.79 Å². The van der Waals surface area contributed by atoms with Crippen LogP contribution in [0.15, 0.2) is 48.5 Å². The SMILES string of the molecule is O=C(O)CCCN1CCC(=O)C[C@H]1NC(=O)OCC1c2ccccc2-c2ccccc21. The maximum absolute atomic E-state index is 12.6. The minimum Gasteiger partial charge on any atom is -0.481 e. The molecule has 1 heterocycles. The van der Waals surface area contributed by atoms with Gasteiger partial charge in [0.1, 0.15) is 12.4 Å². The van der Waals surface area contributed by atoms with Gasteiger partial charge in [-0.1, -0.05) is 48.5 Å². The molecule has 0 bridgehead atoms. The predicted octanol–water partition coefficient (Wildman–Crippen LogP) is 3.38. The Hall–Kier alpha value is -3.19. The molecule has 0 radical (unpaired) electrons. The molecule has 31 heavy (non-hydrogen) atoms. The van der Waals surface area contributed by atoms with Crippen molar-refractivity contribution in [3.8, 4) is 11.1 Å². The Balaban J connectivity index is 1.38. The summed E-state index contributed by atoms with van der Waals surface area (Å²) in [6, 6.07) is 16.3. The summed E-state index contributed by atoms with van der Waals surface area (Å²) in [5.74, 6) is -0.801. The Bertz CT molecular complexity index is 944. The van der Waals surface area contributed by atoms with Crippen molar-refractivity contribution in [2.24, 2.45) is 0 Å². The zero-order valence-electron chi connectivity index (χ0n) is 17.3. The van der Waals surface area contributed by atoms with Gasteiger partial charge in [-0.05, 0) is 28.7 Å². The number of rotatable bonds is 7. The van der Waals surface area contributed by atoms with E-state index in [9.17, 15) is 14.4 Å². The molecule has 0 saturated carbocycles. The number of carbonyl (C=O) groups excluding carboxylic acids is 2. The minimum atomic E-state index is -0.853. The minimum absolute atomic E-state index is 0.0298. The summed E-state index contributed by atoms with van der Waals surface area (Å²) in [6.45, 7) is 1.22. The number of amides is 1. The third-order valence-corrected chi connectivity index (χ3v) is 6.00. The van der Waals surface area contributed by atoms with Crippen molar-refractivity contribution in [3.63, 3.8) is 0 Å². The van der Waals surface area contributed by atoms with Crippen molar-refractivity contribution in [3.05, 3.63) is 59.7 Å². The van der Waals surface area contributed by atoms with Crippen LogP contribution in [-0.4, -0.2) is 53.7 Å². The Labute approximate surface area is 181 Å². The average Bonchev–Trinajstić information content (AvgIpc) is 3.07. The smallest absolute Gasteiger partial charge is 0.408 e. The van der Waals surface area contributed by atoms with Crippen LogP contribution >= 0.6 is 0 Å². The van der Waals surface area contributed by atoms with Crippen molar-refractivity contribution in [2.45, 2.75) is 37.8 Å². The number of carbonyl (C=O) groups is 3. The van der Waals surface area contributed by atoms with Crippen LogP contribution in [0.5, 0.6) is 0 Å². The molecule has 7 nitrogen and oxygen atoms in total. The molecule has 2 aromatic carbocycles. The molecule has 1 saturated heterocycles. The summed E-state index contributed by atoms with van der Waals surface area (Å²) in [5.41, 5.74) is 4.60. The Morgan fingerprint density at radius 3 is 2.35 bits per heavy atom. The lowest BCUT2D eigenvalue weighted by Crippen LogP contribution is -2.53. The number of nitrogens with zero attached hydrogens (tertiary/aromatic N) is 1. The lowest BCUT2D eigenvalue weighted by Gasteiger charge is -2.35. The number of benzene rings is 2. The number of Topliss-reactive ketones (excluding diaryl/α,β-unsaturated/α-hetero) is 1. The fourth-order valence-electron chi connectivity index (χ4n) is 4.49. The van der Waals surface area contributed by atoms with E-state index >= 15 is 0 Å². The first-order valence-electron chi connectivity index (χ1n) is 10.6. The van der Waals surface area contributed by atoms with Gasteiger partial charge in [0.25, 0.3) is 0 Å². The predicted molar refractivity (Wildman–Crippen MR) is 115 cm³/mol. The maximum Gasteiger partial charge on any atom is 0.408 e. The maximum atomic E-state index is 12.6. The van der Waals surface area contributed by atoms with Crippen molar-refractivity contribution in [2.75, 3.05) is 19.7 Å². The summed E-state index contributed by atoms with van der Waals surface area (Å²) in [5, 5.41) is 11.7. The molecule has 1 aliphatic heterocycles. The number of nitrogens with one attached hydrogen (secondary N) is 1. The molecule has 1 fully saturated rings. The van der Waals surface area contributed by atoms with Crippen molar-refractivity contribution < 1.29 is 24.2 Å². The molecule has 1 amide bonds. The summed E-state index contributed by atoms with van der Waals surface area (Å²) in [6.07, 6.45) is 0.109. The molecule has 7 heteroatoms. The summed E-state index contributed by atoms with van der Waals surface area (Å²) >= 11 is 0. The van der Waals surface area contributed by atoms with Crippen LogP contribution in [0.2, 0.25) is 0 Å². The van der Waals surface area contributed by atoms with E-state index in [1.807, 2.05) is 29.2 Å². The molecule has 0 aromatic heterocycles. The molecule has 2 aliphatic rings. The molecule has 1 aliphatic carbocycles. The Morgan fingerprint density at radius 2 is 1.71 bits per heavy atom.